The van der Waals surface area contributed by atoms with Crippen LogP contribution >= 0.6 is 45.6 Å². The van der Waals surface area contributed by atoms with Gasteiger partial charge in [0.25, 0.3) is 0 Å². The van der Waals surface area contributed by atoms with Gasteiger partial charge in [-0.2, -0.15) is 5.11 Å². The number of rotatable bonds is 21. The van der Waals surface area contributed by atoms with Gasteiger partial charge in [0, 0.05) is 48.0 Å². The predicted molar refractivity (Wildman–Crippen MR) is 248 cm³/mol. The van der Waals surface area contributed by atoms with Crippen molar-refractivity contribution >= 4 is 67.5 Å². The fourth-order valence-electron chi connectivity index (χ4n) is 6.97. The van der Waals surface area contributed by atoms with Crippen LogP contribution in [0.5, 0.6) is 0 Å². The van der Waals surface area contributed by atoms with Crippen LogP contribution in [-0.2, 0) is 25.4 Å². The molecule has 0 radical (unpaired) electrons. The lowest BCUT2D eigenvalue weighted by Crippen LogP contribution is -2.38. The van der Waals surface area contributed by atoms with E-state index in [-0.39, 0.29) is 41.2 Å². The number of nitrogens with zero attached hydrogens (tertiary/aromatic N) is 3. The van der Waals surface area contributed by atoms with E-state index in [0.29, 0.717) is 45.6 Å². The van der Waals surface area contributed by atoms with Crippen molar-refractivity contribution in [3.63, 3.8) is 0 Å². The second-order valence-corrected chi connectivity index (χ2v) is 20.9. The zero-order valence-corrected chi connectivity index (χ0v) is 38.2. The molecular formula is C45H59N5O5S4. The highest BCUT2D eigenvalue weighted by Gasteiger charge is 2.42. The van der Waals surface area contributed by atoms with Crippen molar-refractivity contribution in [2.24, 2.45) is 15.8 Å². The van der Waals surface area contributed by atoms with Crippen LogP contribution in [0.2, 0.25) is 0 Å². The first-order chi connectivity index (χ1) is 28.4. The highest BCUT2D eigenvalue weighted by molar-refractivity contribution is 8.76. The summed E-state index contributed by atoms with van der Waals surface area (Å²) < 4.78 is 18.3. The van der Waals surface area contributed by atoms with E-state index in [1.165, 1.54) is 0 Å². The maximum absolute atomic E-state index is 13.2. The number of thiocarbonyl (C=S) groups is 1. The number of thioether (sulfide) groups is 1. The molecule has 2 N–H and O–H groups in total. The summed E-state index contributed by atoms with van der Waals surface area (Å²) in [5.41, 5.74) is 5.58. The molecular weight excluding hydrogens is 819 g/mol. The number of hydrogen-bond acceptors (Lipinski definition) is 13. The molecule has 0 saturated heterocycles. The molecule has 318 valence electrons. The summed E-state index contributed by atoms with van der Waals surface area (Å²) in [5.74, 6) is 1.68. The van der Waals surface area contributed by atoms with Gasteiger partial charge in [0.2, 0.25) is 0 Å². The number of ether oxygens (including phenoxy) is 3. The molecule has 5 rings (SSSR count). The number of carbonyl (C=O) groups excluding carboxylic acids is 2. The monoisotopic (exact) mass is 877 g/mol. The molecule has 3 aromatic rings. The maximum Gasteiger partial charge on any atom is 0.407 e. The van der Waals surface area contributed by atoms with Gasteiger partial charge in [-0.1, -0.05) is 139 Å². The van der Waals surface area contributed by atoms with Gasteiger partial charge in [0.15, 0.2) is 0 Å². The van der Waals surface area contributed by atoms with Crippen LogP contribution in [-0.4, -0.2) is 76.1 Å². The summed E-state index contributed by atoms with van der Waals surface area (Å²) in [7, 11) is 3.62. The third-order valence-corrected chi connectivity index (χ3v) is 15.4. The number of fused-ring (bicyclic) bond motifs is 5. The van der Waals surface area contributed by atoms with Crippen LogP contribution in [0.3, 0.4) is 0 Å². The molecule has 4 unspecified atom stereocenters. The number of benzene rings is 3. The summed E-state index contributed by atoms with van der Waals surface area (Å²) in [6.45, 7) is 12.8. The molecule has 2 aliphatic rings. The summed E-state index contributed by atoms with van der Waals surface area (Å²) >= 11 is 7.48. The largest absolute Gasteiger partial charge is 0.464 e. The van der Waals surface area contributed by atoms with Gasteiger partial charge in [-0.05, 0) is 72.8 Å². The molecule has 4 atom stereocenters. The molecule has 0 fully saturated rings. The molecule has 14 heteroatoms. The number of hydrogen-bond donors (Lipinski definition) is 2. The predicted octanol–water partition coefficient (Wildman–Crippen LogP) is 11.3. The first-order valence-corrected chi connectivity index (χ1v) is 24.2. The molecule has 0 spiro atoms. The van der Waals surface area contributed by atoms with Crippen LogP contribution in [0.15, 0.2) is 89.2 Å². The smallest absolute Gasteiger partial charge is 0.407 e. The Bertz CT molecular complexity index is 1890. The van der Waals surface area contributed by atoms with Crippen molar-refractivity contribution in [3.05, 3.63) is 107 Å². The number of carbonyl (C=O) groups is 2. The minimum Gasteiger partial charge on any atom is -0.464 e. The lowest BCUT2D eigenvalue weighted by Gasteiger charge is -2.41. The lowest BCUT2D eigenvalue weighted by atomic mass is 9.78. The summed E-state index contributed by atoms with van der Waals surface area (Å²) in [6.07, 6.45) is 2.94. The maximum atomic E-state index is 13.2. The average Bonchev–Trinajstić information content (AvgIpc) is 3.62. The zero-order chi connectivity index (χ0) is 42.3. The van der Waals surface area contributed by atoms with E-state index in [1.807, 2.05) is 83.4 Å². The molecule has 1 amide bonds. The summed E-state index contributed by atoms with van der Waals surface area (Å²) in [4.78, 5) is 26.5. The van der Waals surface area contributed by atoms with Crippen molar-refractivity contribution in [1.29, 1.82) is 5.41 Å². The third-order valence-electron chi connectivity index (χ3n) is 10.8. The molecule has 10 nitrogen and oxygen atoms in total. The lowest BCUT2D eigenvalue weighted by molar-refractivity contribution is -0.144. The second-order valence-electron chi connectivity index (χ2n) is 16.1. The highest BCUT2D eigenvalue weighted by Crippen LogP contribution is 2.49. The van der Waals surface area contributed by atoms with Crippen molar-refractivity contribution < 1.29 is 23.8 Å². The standard InChI is InChI=1S/C45H59N5O5S4/c1-32(46)15-13-29-57-58-30-28-53-26-14-24-47-43(52)55-38-31-34-18-9-10-19-35(34)40-41(37-21-12-11-20-36(37)38)50(49-48-40)25-27-54-39(51)22-23-45(5,44(2,3)4)59-42(56)33-16-7-6-8-17-33/h6-12,16-21,38,40-41,46H,13-15,22-31H2,1-5H3,(H,47,52). The SMILES string of the molecule is CC(=N)CCCSSCCOCCCNC(=O)OC1Cc2ccccc2C2N=NN(CCOC(=O)CCC(C)(SC(=S)c3ccccc3)C(C)(C)C)C2c2ccccc21. The number of nitrogens with one attached hydrogen (secondary N) is 2. The first-order valence-electron chi connectivity index (χ1n) is 20.4. The minimum atomic E-state index is -0.535. The van der Waals surface area contributed by atoms with Crippen molar-refractivity contribution in [2.75, 3.05) is 44.4 Å². The van der Waals surface area contributed by atoms with Crippen LogP contribution in [0, 0.1) is 10.8 Å². The molecule has 0 aromatic heterocycles. The van der Waals surface area contributed by atoms with E-state index in [2.05, 4.69) is 56.4 Å². The Balaban J connectivity index is 1.15. The van der Waals surface area contributed by atoms with Gasteiger partial charge >= 0.3 is 12.1 Å². The van der Waals surface area contributed by atoms with E-state index in [9.17, 15) is 9.59 Å². The van der Waals surface area contributed by atoms with Gasteiger partial charge in [0.1, 0.15) is 24.8 Å². The van der Waals surface area contributed by atoms with Gasteiger partial charge in [-0.25, -0.2) is 4.79 Å². The van der Waals surface area contributed by atoms with Gasteiger partial charge in [0.05, 0.1) is 17.3 Å². The van der Waals surface area contributed by atoms with Gasteiger partial charge in [-0.3, -0.25) is 9.80 Å². The van der Waals surface area contributed by atoms with Crippen LogP contribution in [0.25, 0.3) is 0 Å². The number of alkyl carbamates (subject to hydrolysis) is 1. The third kappa shape index (κ3) is 13.8. The van der Waals surface area contributed by atoms with Gasteiger partial charge in [-0.15, -0.1) is 11.8 Å². The Morgan fingerprint density at radius 1 is 0.881 bits per heavy atom. The van der Waals surface area contributed by atoms with Crippen molar-refractivity contribution in [2.45, 2.75) is 96.1 Å². The van der Waals surface area contributed by atoms with Crippen molar-refractivity contribution in [3.8, 4) is 0 Å². The molecule has 0 bridgehead atoms. The molecule has 0 saturated carbocycles. The fraction of sp³-hybridized carbons (Fsp3) is 0.511. The minimum absolute atomic E-state index is 0.124. The van der Waals surface area contributed by atoms with Crippen LogP contribution in [0.1, 0.15) is 113 Å². The Labute approximate surface area is 368 Å². The summed E-state index contributed by atoms with van der Waals surface area (Å²) in [6, 6.07) is 25.6. The zero-order valence-electron chi connectivity index (χ0n) is 34.9. The second kappa shape index (κ2) is 23.0. The summed E-state index contributed by atoms with van der Waals surface area (Å²) in [5, 5.41) is 21.7. The quantitative estimate of drug-likeness (QED) is 0.0351. The Kier molecular flexibility index (Phi) is 18.2. The van der Waals surface area contributed by atoms with E-state index in [4.69, 9.17) is 37.0 Å². The average molecular weight is 878 g/mol. The normalized spacial score (nSPS) is 18.1. The fourth-order valence-corrected chi connectivity index (χ4v) is 10.8. The number of esters is 1. The molecule has 1 heterocycles. The molecule has 59 heavy (non-hydrogen) atoms. The molecule has 3 aromatic carbocycles. The van der Waals surface area contributed by atoms with Crippen LogP contribution < -0.4 is 5.32 Å². The number of amides is 1. The molecule has 1 aliphatic carbocycles. The Morgan fingerprint density at radius 2 is 1.58 bits per heavy atom. The molecule has 1 aliphatic heterocycles. The van der Waals surface area contributed by atoms with E-state index >= 15 is 0 Å². The van der Waals surface area contributed by atoms with Gasteiger partial charge < -0.3 is 24.9 Å². The van der Waals surface area contributed by atoms with E-state index in [1.54, 1.807) is 22.6 Å². The Morgan fingerprint density at radius 3 is 2.32 bits per heavy atom. The van der Waals surface area contributed by atoms with Crippen molar-refractivity contribution in [1.82, 2.24) is 10.3 Å². The first kappa shape index (κ1) is 46.6. The topological polar surface area (TPSA) is 126 Å². The van der Waals surface area contributed by atoms with E-state index in [0.717, 1.165) is 62.1 Å². The Hall–Kier alpha value is -3.43. The van der Waals surface area contributed by atoms with Crippen LogP contribution in [0.4, 0.5) is 4.79 Å². The van der Waals surface area contributed by atoms with E-state index < -0.39 is 12.2 Å². The highest BCUT2D eigenvalue weighted by atomic mass is 33.1.